The van der Waals surface area contributed by atoms with Gasteiger partial charge in [-0.2, -0.15) is 0 Å². The lowest BCUT2D eigenvalue weighted by molar-refractivity contribution is 0.591. The van der Waals surface area contributed by atoms with Crippen molar-refractivity contribution in [3.05, 3.63) is 35.8 Å². The van der Waals surface area contributed by atoms with Crippen LogP contribution in [0.4, 0.5) is 0 Å². The second-order valence-corrected chi connectivity index (χ2v) is 5.40. The van der Waals surface area contributed by atoms with Crippen LogP contribution < -0.4 is 0 Å². The van der Waals surface area contributed by atoms with Crippen LogP contribution in [-0.4, -0.2) is 13.7 Å². The maximum Gasteiger partial charge on any atom is 0.181 e. The quantitative estimate of drug-likeness (QED) is 0.568. The molecular formula is C9H10O2S. The average Bonchev–Trinajstić information content (AvgIpc) is 2.25. The van der Waals surface area contributed by atoms with Crippen LogP contribution in [0.15, 0.2) is 35.8 Å². The van der Waals surface area contributed by atoms with Gasteiger partial charge in [0, 0.05) is 10.8 Å². The number of fused-ring (bicyclic) bond motifs is 1. The lowest BCUT2D eigenvalue weighted by atomic mass is 9.97. The summed E-state index contributed by atoms with van der Waals surface area (Å²) in [4.78, 5) is 0.383. The van der Waals surface area contributed by atoms with Crippen molar-refractivity contribution in [1.82, 2.24) is 0 Å². The molecule has 1 aliphatic carbocycles. The highest BCUT2D eigenvalue weighted by Crippen LogP contribution is 2.37. The van der Waals surface area contributed by atoms with Gasteiger partial charge >= 0.3 is 0 Å². The Morgan fingerprint density at radius 2 is 2.00 bits per heavy atom. The molecule has 0 bridgehead atoms. The Kier molecular flexibility index (Phi) is 1.51. The number of allylic oxidation sites excluding steroid dienone is 4. The van der Waals surface area contributed by atoms with Gasteiger partial charge in [-0.25, -0.2) is 8.42 Å². The van der Waals surface area contributed by atoms with E-state index in [1.807, 2.05) is 12.2 Å². The highest BCUT2D eigenvalue weighted by atomic mass is 32.2. The second kappa shape index (κ2) is 2.33. The van der Waals surface area contributed by atoms with Gasteiger partial charge in [0.15, 0.2) is 9.84 Å². The van der Waals surface area contributed by atoms with E-state index in [4.69, 9.17) is 0 Å². The molecule has 0 aromatic carbocycles. The van der Waals surface area contributed by atoms with E-state index in [1.165, 1.54) is 0 Å². The summed E-state index contributed by atoms with van der Waals surface area (Å²) >= 11 is 0. The molecule has 1 heterocycles. The van der Waals surface area contributed by atoms with Crippen LogP contribution in [0.5, 0.6) is 0 Å². The topological polar surface area (TPSA) is 34.1 Å². The van der Waals surface area contributed by atoms with E-state index >= 15 is 0 Å². The van der Waals surface area contributed by atoms with E-state index in [-0.39, 0.29) is 11.2 Å². The molecule has 2 unspecified atom stereocenters. The van der Waals surface area contributed by atoms with E-state index in [2.05, 4.69) is 6.58 Å². The Labute approximate surface area is 72.2 Å². The SMILES string of the molecule is C=C1CC2C=CC=CC2S1(=O)=O. The Morgan fingerprint density at radius 1 is 1.33 bits per heavy atom. The maximum atomic E-state index is 11.5. The molecule has 0 N–H and O–H groups in total. The van der Waals surface area contributed by atoms with Gasteiger partial charge in [0.25, 0.3) is 0 Å². The number of hydrogen-bond donors (Lipinski definition) is 0. The Morgan fingerprint density at radius 3 is 2.67 bits per heavy atom. The van der Waals surface area contributed by atoms with Crippen LogP contribution in [0, 0.1) is 5.92 Å². The summed E-state index contributed by atoms with van der Waals surface area (Å²) in [5.41, 5.74) is 0. The van der Waals surface area contributed by atoms with Crippen molar-refractivity contribution in [2.24, 2.45) is 5.92 Å². The molecule has 2 nitrogen and oxygen atoms in total. The zero-order valence-corrected chi connectivity index (χ0v) is 7.42. The van der Waals surface area contributed by atoms with E-state index in [9.17, 15) is 8.42 Å². The van der Waals surface area contributed by atoms with E-state index in [0.717, 1.165) is 0 Å². The first kappa shape index (κ1) is 7.80. The van der Waals surface area contributed by atoms with Crippen LogP contribution in [0.3, 0.4) is 0 Å². The zero-order valence-electron chi connectivity index (χ0n) is 6.60. The number of rotatable bonds is 0. The smallest absolute Gasteiger partial charge is 0.181 e. The third-order valence-corrected chi connectivity index (χ3v) is 4.61. The third kappa shape index (κ3) is 0.894. The molecular weight excluding hydrogens is 172 g/mol. The molecule has 2 rings (SSSR count). The van der Waals surface area contributed by atoms with Crippen molar-refractivity contribution in [1.29, 1.82) is 0 Å². The molecule has 0 amide bonds. The molecule has 2 aliphatic rings. The van der Waals surface area contributed by atoms with Crippen LogP contribution in [0.2, 0.25) is 0 Å². The van der Waals surface area contributed by atoms with Gasteiger partial charge in [-0.15, -0.1) is 0 Å². The normalized spacial score (nSPS) is 36.8. The van der Waals surface area contributed by atoms with Gasteiger partial charge in [0.2, 0.25) is 0 Å². The first-order valence-electron chi connectivity index (χ1n) is 3.89. The maximum absolute atomic E-state index is 11.5. The van der Waals surface area contributed by atoms with Gasteiger partial charge in [0.1, 0.15) is 0 Å². The standard InChI is InChI=1S/C9H10O2S/c1-7-6-8-4-2-3-5-9(8)12(7,10)11/h2-5,8-9H,1,6H2. The molecule has 0 saturated carbocycles. The van der Waals surface area contributed by atoms with Gasteiger partial charge < -0.3 is 0 Å². The molecule has 1 aliphatic heterocycles. The molecule has 2 atom stereocenters. The molecule has 0 aromatic rings. The zero-order chi connectivity index (χ0) is 8.77. The Balaban J connectivity index is 2.50. The first-order chi connectivity index (χ1) is 5.62. The van der Waals surface area contributed by atoms with E-state index in [1.54, 1.807) is 12.2 Å². The third-order valence-electron chi connectivity index (χ3n) is 2.42. The van der Waals surface area contributed by atoms with E-state index in [0.29, 0.717) is 11.3 Å². The monoisotopic (exact) mass is 182 g/mol. The number of sulfone groups is 1. The first-order valence-corrected chi connectivity index (χ1v) is 5.43. The summed E-state index contributed by atoms with van der Waals surface area (Å²) in [6.45, 7) is 3.58. The molecule has 0 radical (unpaired) electrons. The van der Waals surface area contributed by atoms with Gasteiger partial charge in [-0.05, 0) is 6.42 Å². The van der Waals surface area contributed by atoms with Crippen LogP contribution in [-0.2, 0) is 9.84 Å². The summed E-state index contributed by atoms with van der Waals surface area (Å²) in [6.07, 6.45) is 7.97. The van der Waals surface area contributed by atoms with Crippen molar-refractivity contribution in [3.63, 3.8) is 0 Å². The summed E-state index contributed by atoms with van der Waals surface area (Å²) in [7, 11) is -3.06. The van der Waals surface area contributed by atoms with Crippen molar-refractivity contribution in [2.45, 2.75) is 11.7 Å². The van der Waals surface area contributed by atoms with E-state index < -0.39 is 9.84 Å². The lowest BCUT2D eigenvalue weighted by Crippen LogP contribution is -2.19. The van der Waals surface area contributed by atoms with Crippen molar-refractivity contribution in [3.8, 4) is 0 Å². The van der Waals surface area contributed by atoms with Crippen LogP contribution in [0.1, 0.15) is 6.42 Å². The van der Waals surface area contributed by atoms with Gasteiger partial charge in [-0.3, -0.25) is 0 Å². The molecule has 64 valence electrons. The summed E-state index contributed by atoms with van der Waals surface area (Å²) in [5, 5.41) is -0.338. The predicted molar refractivity (Wildman–Crippen MR) is 48.2 cm³/mol. The lowest BCUT2D eigenvalue weighted by Gasteiger charge is -2.12. The predicted octanol–water partition coefficient (Wildman–Crippen LogP) is 1.43. The fourth-order valence-corrected chi connectivity index (χ4v) is 3.48. The second-order valence-electron chi connectivity index (χ2n) is 3.19. The van der Waals surface area contributed by atoms with Gasteiger partial charge in [-0.1, -0.05) is 30.9 Å². The minimum absolute atomic E-state index is 0.132. The molecule has 1 saturated heterocycles. The van der Waals surface area contributed by atoms with Crippen molar-refractivity contribution >= 4 is 9.84 Å². The summed E-state index contributed by atoms with van der Waals surface area (Å²) < 4.78 is 23.1. The Hall–Kier alpha value is -0.830. The summed E-state index contributed by atoms with van der Waals surface area (Å²) in [6, 6.07) is 0. The molecule has 3 heteroatoms. The van der Waals surface area contributed by atoms with Gasteiger partial charge in [0.05, 0.1) is 5.25 Å². The fourth-order valence-electron chi connectivity index (χ4n) is 1.72. The molecule has 12 heavy (non-hydrogen) atoms. The summed E-state index contributed by atoms with van der Waals surface area (Å²) in [5.74, 6) is 0.132. The van der Waals surface area contributed by atoms with Crippen LogP contribution >= 0.6 is 0 Å². The fraction of sp³-hybridized carbons (Fsp3) is 0.333. The highest BCUT2D eigenvalue weighted by Gasteiger charge is 2.40. The van der Waals surface area contributed by atoms with Crippen molar-refractivity contribution < 1.29 is 8.42 Å². The average molecular weight is 182 g/mol. The molecule has 0 spiro atoms. The molecule has 0 aromatic heterocycles. The Bertz CT molecular complexity index is 373. The number of hydrogen-bond acceptors (Lipinski definition) is 2. The largest absolute Gasteiger partial charge is 0.223 e. The minimum atomic E-state index is -3.06. The van der Waals surface area contributed by atoms with Crippen molar-refractivity contribution in [2.75, 3.05) is 0 Å². The minimum Gasteiger partial charge on any atom is -0.223 e. The highest BCUT2D eigenvalue weighted by molar-refractivity contribution is 7.96. The molecule has 1 fully saturated rings. The van der Waals surface area contributed by atoms with Crippen LogP contribution in [0.25, 0.3) is 0 Å².